The maximum atomic E-state index is 12.9. The molecule has 1 aliphatic heterocycles. The van der Waals surface area contributed by atoms with E-state index in [4.69, 9.17) is 4.52 Å². The average molecular weight is 366 g/mol. The minimum Gasteiger partial charge on any atom is -0.348 e. The number of fused-ring (bicyclic) bond motifs is 1. The predicted octanol–water partition coefficient (Wildman–Crippen LogP) is 2.19. The summed E-state index contributed by atoms with van der Waals surface area (Å²) in [5.41, 5.74) is 2.09. The molecule has 140 valence electrons. The first-order valence-electron chi connectivity index (χ1n) is 9.17. The van der Waals surface area contributed by atoms with Crippen LogP contribution in [0.4, 0.5) is 4.79 Å². The van der Waals surface area contributed by atoms with Crippen molar-refractivity contribution in [2.45, 2.75) is 32.4 Å². The average Bonchev–Trinajstić information content (AvgIpc) is 3.36. The van der Waals surface area contributed by atoms with Crippen LogP contribution in [0.15, 0.2) is 47.4 Å². The van der Waals surface area contributed by atoms with Crippen molar-refractivity contribution >= 4 is 6.03 Å². The lowest BCUT2D eigenvalue weighted by Gasteiger charge is -2.37. The molecule has 0 spiro atoms. The van der Waals surface area contributed by atoms with Gasteiger partial charge in [-0.15, -0.1) is 0 Å². The van der Waals surface area contributed by atoms with Gasteiger partial charge in [0.15, 0.2) is 5.82 Å². The molecule has 2 amide bonds. The number of aromatic nitrogens is 4. The molecule has 27 heavy (non-hydrogen) atoms. The second-order valence-electron chi connectivity index (χ2n) is 6.45. The Kier molecular flexibility index (Phi) is 4.86. The molecule has 4 heterocycles. The molecule has 1 N–H and O–H groups in total. The Balaban J connectivity index is 1.46. The highest BCUT2D eigenvalue weighted by Crippen LogP contribution is 2.31. The first-order valence-corrected chi connectivity index (χ1v) is 9.17. The van der Waals surface area contributed by atoms with Gasteiger partial charge >= 0.3 is 6.03 Å². The van der Waals surface area contributed by atoms with E-state index < -0.39 is 0 Å². The summed E-state index contributed by atoms with van der Waals surface area (Å²) in [7, 11) is 0. The van der Waals surface area contributed by atoms with Gasteiger partial charge in [0.1, 0.15) is 6.04 Å². The van der Waals surface area contributed by atoms with Crippen molar-refractivity contribution in [1.29, 1.82) is 0 Å². The lowest BCUT2D eigenvalue weighted by atomic mass is 10.0. The van der Waals surface area contributed by atoms with Gasteiger partial charge in [-0.3, -0.25) is 4.98 Å². The van der Waals surface area contributed by atoms with E-state index in [-0.39, 0.29) is 12.1 Å². The summed E-state index contributed by atoms with van der Waals surface area (Å²) in [4.78, 5) is 23.2. The Morgan fingerprint density at radius 2 is 2.26 bits per heavy atom. The molecular formula is C19H22N6O2. The number of urea groups is 1. The summed E-state index contributed by atoms with van der Waals surface area (Å²) in [5.74, 6) is 1.23. The molecule has 0 aromatic carbocycles. The van der Waals surface area contributed by atoms with Gasteiger partial charge in [-0.25, -0.2) is 4.79 Å². The van der Waals surface area contributed by atoms with Crippen LogP contribution in [0.1, 0.15) is 35.9 Å². The number of hydrogen-bond donors (Lipinski definition) is 1. The van der Waals surface area contributed by atoms with Gasteiger partial charge in [0, 0.05) is 56.8 Å². The van der Waals surface area contributed by atoms with E-state index in [1.165, 1.54) is 0 Å². The van der Waals surface area contributed by atoms with Gasteiger partial charge < -0.3 is 19.3 Å². The molecule has 4 rings (SSSR count). The predicted molar refractivity (Wildman–Crippen MR) is 98.0 cm³/mol. The van der Waals surface area contributed by atoms with Crippen LogP contribution < -0.4 is 5.32 Å². The summed E-state index contributed by atoms with van der Waals surface area (Å²) < 4.78 is 7.36. The number of nitrogens with one attached hydrogen (secondary N) is 1. The maximum Gasteiger partial charge on any atom is 0.318 e. The number of nitrogens with zero attached hydrogens (tertiary/aromatic N) is 5. The summed E-state index contributed by atoms with van der Waals surface area (Å²) in [6, 6.07) is 7.71. The van der Waals surface area contributed by atoms with Crippen molar-refractivity contribution in [3.05, 3.63) is 65.8 Å². The molecule has 0 bridgehead atoms. The first kappa shape index (κ1) is 17.3. The van der Waals surface area contributed by atoms with Crippen LogP contribution in [-0.4, -0.2) is 43.7 Å². The Hall–Kier alpha value is -3.16. The Bertz CT molecular complexity index is 904. The number of carbonyl (C=O) groups excluding carboxylic acids is 1. The third kappa shape index (κ3) is 3.55. The number of aryl methyl sites for hydroxylation is 1. The first-order chi connectivity index (χ1) is 13.3. The molecule has 0 saturated heterocycles. The molecule has 8 nitrogen and oxygen atoms in total. The summed E-state index contributed by atoms with van der Waals surface area (Å²) in [5, 5.41) is 6.85. The van der Waals surface area contributed by atoms with Gasteiger partial charge in [-0.2, -0.15) is 4.98 Å². The molecule has 0 fully saturated rings. The largest absolute Gasteiger partial charge is 0.348 e. The van der Waals surface area contributed by atoms with Crippen molar-refractivity contribution in [2.75, 3.05) is 13.1 Å². The van der Waals surface area contributed by atoms with E-state index in [2.05, 4.69) is 37.3 Å². The van der Waals surface area contributed by atoms with Crippen molar-refractivity contribution in [3.63, 3.8) is 0 Å². The van der Waals surface area contributed by atoms with Gasteiger partial charge in [-0.05, 0) is 23.8 Å². The zero-order valence-electron chi connectivity index (χ0n) is 15.2. The summed E-state index contributed by atoms with van der Waals surface area (Å²) >= 11 is 0. The zero-order chi connectivity index (χ0) is 18.6. The van der Waals surface area contributed by atoms with Crippen molar-refractivity contribution < 1.29 is 9.32 Å². The third-order valence-corrected chi connectivity index (χ3v) is 4.74. The Labute approximate surface area is 157 Å². The summed E-state index contributed by atoms with van der Waals surface area (Å²) in [6.45, 7) is 3.83. The van der Waals surface area contributed by atoms with E-state index in [9.17, 15) is 4.79 Å². The van der Waals surface area contributed by atoms with E-state index >= 15 is 0 Å². The second kappa shape index (κ2) is 7.61. The van der Waals surface area contributed by atoms with Crippen molar-refractivity contribution in [3.8, 4) is 0 Å². The van der Waals surface area contributed by atoms with Gasteiger partial charge in [0.2, 0.25) is 5.89 Å². The Morgan fingerprint density at radius 3 is 3.04 bits per heavy atom. The van der Waals surface area contributed by atoms with Gasteiger partial charge in [0.05, 0.1) is 0 Å². The molecular weight excluding hydrogens is 344 g/mol. The molecule has 8 heteroatoms. The fourth-order valence-electron chi connectivity index (χ4n) is 3.40. The highest BCUT2D eigenvalue weighted by atomic mass is 16.5. The van der Waals surface area contributed by atoms with Crippen LogP contribution in [0.25, 0.3) is 0 Å². The van der Waals surface area contributed by atoms with Crippen LogP contribution in [0.5, 0.6) is 0 Å². The molecule has 0 saturated carbocycles. The normalized spacial score (nSPS) is 16.2. The monoisotopic (exact) mass is 366 g/mol. The molecule has 3 aromatic rings. The van der Waals surface area contributed by atoms with Crippen LogP contribution in [0, 0.1) is 0 Å². The molecule has 1 aliphatic rings. The number of hydrogen-bond acceptors (Lipinski definition) is 5. The highest BCUT2D eigenvalue weighted by Gasteiger charge is 2.32. The van der Waals surface area contributed by atoms with Crippen LogP contribution >= 0.6 is 0 Å². The zero-order valence-corrected chi connectivity index (χ0v) is 15.2. The minimum absolute atomic E-state index is 0.105. The molecule has 0 unspecified atom stereocenters. The Morgan fingerprint density at radius 1 is 1.33 bits per heavy atom. The quantitative estimate of drug-likeness (QED) is 0.748. The lowest BCUT2D eigenvalue weighted by Crippen LogP contribution is -2.47. The fourth-order valence-corrected chi connectivity index (χ4v) is 3.40. The number of carbonyl (C=O) groups is 1. The molecule has 1 atom stereocenters. The minimum atomic E-state index is -0.155. The van der Waals surface area contributed by atoms with E-state index in [0.29, 0.717) is 31.2 Å². The van der Waals surface area contributed by atoms with E-state index in [0.717, 1.165) is 24.2 Å². The molecule has 0 radical (unpaired) electrons. The van der Waals surface area contributed by atoms with Crippen molar-refractivity contribution in [2.24, 2.45) is 0 Å². The van der Waals surface area contributed by atoms with Crippen LogP contribution in [0.3, 0.4) is 0 Å². The van der Waals surface area contributed by atoms with Crippen LogP contribution in [-0.2, 0) is 19.4 Å². The molecule has 3 aromatic heterocycles. The maximum absolute atomic E-state index is 12.9. The third-order valence-electron chi connectivity index (χ3n) is 4.74. The number of amides is 2. The van der Waals surface area contributed by atoms with Gasteiger partial charge in [0.25, 0.3) is 0 Å². The van der Waals surface area contributed by atoms with Crippen molar-refractivity contribution in [1.82, 2.24) is 29.9 Å². The summed E-state index contributed by atoms with van der Waals surface area (Å²) in [6.07, 6.45) is 6.86. The lowest BCUT2D eigenvalue weighted by molar-refractivity contribution is 0.168. The van der Waals surface area contributed by atoms with Crippen LogP contribution in [0.2, 0.25) is 0 Å². The topological polar surface area (TPSA) is 89.1 Å². The standard InChI is InChI=1S/C19H22N6O2/c1-2-16-22-17(27-23-16)7-9-21-19(26)25-12-11-24-10-4-6-15(24)18(25)14-5-3-8-20-13-14/h3-6,8,10,13,18H,2,7,9,11-12H2,1H3,(H,21,26)/t18-/m1/s1. The smallest absolute Gasteiger partial charge is 0.318 e. The SMILES string of the molecule is CCc1noc(CCNC(=O)N2CCn3cccc3[C@H]2c2cccnc2)n1. The van der Waals surface area contributed by atoms with Gasteiger partial charge in [-0.1, -0.05) is 18.1 Å². The highest BCUT2D eigenvalue weighted by molar-refractivity contribution is 5.75. The molecule has 0 aliphatic carbocycles. The number of rotatable bonds is 5. The van der Waals surface area contributed by atoms with E-state index in [1.54, 1.807) is 6.20 Å². The fraction of sp³-hybridized carbons (Fsp3) is 0.368. The van der Waals surface area contributed by atoms with E-state index in [1.807, 2.05) is 36.2 Å². The number of pyridine rings is 1. The second-order valence-corrected chi connectivity index (χ2v) is 6.45.